The van der Waals surface area contributed by atoms with Gasteiger partial charge in [-0.05, 0) is 38.2 Å². The molecule has 2 aromatic rings. The van der Waals surface area contributed by atoms with Gasteiger partial charge in [0.25, 0.3) is 0 Å². The lowest BCUT2D eigenvalue weighted by atomic mass is 9.99. The van der Waals surface area contributed by atoms with Crippen molar-refractivity contribution in [1.82, 2.24) is 25.0 Å². The van der Waals surface area contributed by atoms with Crippen molar-refractivity contribution >= 4 is 5.96 Å². The molecular formula is C19H28N6. The first-order valence-electron chi connectivity index (χ1n) is 9.24. The van der Waals surface area contributed by atoms with Crippen LogP contribution in [0.4, 0.5) is 0 Å². The number of nitrogens with one attached hydrogen (secondary N) is 1. The zero-order chi connectivity index (χ0) is 17.5. The van der Waals surface area contributed by atoms with E-state index in [0.717, 1.165) is 44.4 Å². The predicted molar refractivity (Wildman–Crippen MR) is 100 cm³/mol. The Labute approximate surface area is 150 Å². The van der Waals surface area contributed by atoms with Crippen molar-refractivity contribution in [3.63, 3.8) is 0 Å². The van der Waals surface area contributed by atoms with E-state index in [2.05, 4.69) is 64.6 Å². The lowest BCUT2D eigenvalue weighted by Crippen LogP contribution is -2.40. The monoisotopic (exact) mass is 340 g/mol. The number of benzene rings is 1. The standard InChI is InChI=1S/C19H28N6/c1-3-20-19(21-13-18-23-22-15-24(18)4-2)25-11-10-17(14-25)12-16-8-6-5-7-9-16/h5-9,15,17H,3-4,10-14H2,1-2H3,(H,20,21). The Kier molecular flexibility index (Phi) is 6.04. The molecule has 6 nitrogen and oxygen atoms in total. The van der Waals surface area contributed by atoms with Crippen LogP contribution in [0.1, 0.15) is 31.7 Å². The second-order valence-electron chi connectivity index (χ2n) is 6.49. The molecule has 1 aromatic heterocycles. The van der Waals surface area contributed by atoms with Crippen molar-refractivity contribution in [3.8, 4) is 0 Å². The summed E-state index contributed by atoms with van der Waals surface area (Å²) in [5, 5.41) is 11.6. The fraction of sp³-hybridized carbons (Fsp3) is 0.526. The van der Waals surface area contributed by atoms with Gasteiger partial charge in [0.2, 0.25) is 0 Å². The fourth-order valence-corrected chi connectivity index (χ4v) is 3.38. The number of aryl methyl sites for hydroxylation is 1. The van der Waals surface area contributed by atoms with Gasteiger partial charge < -0.3 is 14.8 Å². The summed E-state index contributed by atoms with van der Waals surface area (Å²) in [6.45, 7) is 8.63. The van der Waals surface area contributed by atoms with E-state index in [-0.39, 0.29) is 0 Å². The molecule has 0 bridgehead atoms. The minimum atomic E-state index is 0.566. The summed E-state index contributed by atoms with van der Waals surface area (Å²) in [7, 11) is 0. The second kappa shape index (κ2) is 8.65. The van der Waals surface area contributed by atoms with Crippen molar-refractivity contribution < 1.29 is 0 Å². The van der Waals surface area contributed by atoms with Crippen molar-refractivity contribution in [1.29, 1.82) is 0 Å². The van der Waals surface area contributed by atoms with E-state index in [1.807, 2.05) is 4.57 Å². The summed E-state index contributed by atoms with van der Waals surface area (Å²) >= 11 is 0. The third kappa shape index (κ3) is 4.59. The number of nitrogens with zero attached hydrogens (tertiary/aromatic N) is 5. The molecule has 3 rings (SSSR count). The zero-order valence-corrected chi connectivity index (χ0v) is 15.2. The second-order valence-corrected chi connectivity index (χ2v) is 6.49. The van der Waals surface area contributed by atoms with E-state index >= 15 is 0 Å². The predicted octanol–water partition coefficient (Wildman–Crippen LogP) is 2.33. The van der Waals surface area contributed by atoms with Gasteiger partial charge in [-0.15, -0.1) is 10.2 Å². The Bertz CT molecular complexity index is 678. The molecule has 0 aliphatic carbocycles. The third-order valence-corrected chi connectivity index (χ3v) is 4.69. The zero-order valence-electron chi connectivity index (χ0n) is 15.2. The van der Waals surface area contributed by atoms with Gasteiger partial charge in [0, 0.05) is 26.2 Å². The number of aliphatic imine (C=N–C) groups is 1. The molecule has 0 radical (unpaired) electrons. The maximum absolute atomic E-state index is 4.80. The molecule has 25 heavy (non-hydrogen) atoms. The summed E-state index contributed by atoms with van der Waals surface area (Å²) in [4.78, 5) is 7.17. The molecule has 1 N–H and O–H groups in total. The van der Waals surface area contributed by atoms with Gasteiger partial charge >= 0.3 is 0 Å². The Balaban J connectivity index is 1.62. The van der Waals surface area contributed by atoms with Crippen LogP contribution in [0.15, 0.2) is 41.7 Å². The summed E-state index contributed by atoms with van der Waals surface area (Å²) in [5.74, 6) is 2.59. The van der Waals surface area contributed by atoms with Crippen LogP contribution in [0.25, 0.3) is 0 Å². The number of rotatable bonds is 6. The van der Waals surface area contributed by atoms with Crippen LogP contribution in [0, 0.1) is 5.92 Å². The van der Waals surface area contributed by atoms with E-state index in [1.54, 1.807) is 6.33 Å². The minimum absolute atomic E-state index is 0.566. The van der Waals surface area contributed by atoms with Gasteiger partial charge in [-0.25, -0.2) is 4.99 Å². The lowest BCUT2D eigenvalue weighted by Gasteiger charge is -2.21. The molecule has 1 aliphatic rings. The highest BCUT2D eigenvalue weighted by molar-refractivity contribution is 5.80. The van der Waals surface area contributed by atoms with Crippen LogP contribution in [0.3, 0.4) is 0 Å². The van der Waals surface area contributed by atoms with Gasteiger partial charge in [0.15, 0.2) is 11.8 Å². The summed E-state index contributed by atoms with van der Waals surface area (Å²) in [6, 6.07) is 10.8. The number of aromatic nitrogens is 3. The SMILES string of the molecule is CCNC(=NCc1nncn1CC)N1CCC(Cc2ccccc2)C1. The van der Waals surface area contributed by atoms with Crippen molar-refractivity contribution in [2.75, 3.05) is 19.6 Å². The Morgan fingerprint density at radius 2 is 2.12 bits per heavy atom. The molecule has 134 valence electrons. The summed E-state index contributed by atoms with van der Waals surface area (Å²) < 4.78 is 2.04. The van der Waals surface area contributed by atoms with Crippen LogP contribution in [-0.4, -0.2) is 45.3 Å². The quantitative estimate of drug-likeness (QED) is 0.648. The average Bonchev–Trinajstić information content (AvgIpc) is 3.28. The highest BCUT2D eigenvalue weighted by Gasteiger charge is 2.25. The maximum Gasteiger partial charge on any atom is 0.194 e. The minimum Gasteiger partial charge on any atom is -0.357 e. The largest absolute Gasteiger partial charge is 0.357 e. The van der Waals surface area contributed by atoms with E-state index < -0.39 is 0 Å². The van der Waals surface area contributed by atoms with Gasteiger partial charge in [-0.2, -0.15) is 0 Å². The number of likely N-dealkylation sites (tertiary alicyclic amines) is 1. The Morgan fingerprint density at radius 3 is 2.88 bits per heavy atom. The normalized spacial score (nSPS) is 17.9. The van der Waals surface area contributed by atoms with Crippen molar-refractivity contribution in [3.05, 3.63) is 48.0 Å². The van der Waals surface area contributed by atoms with Gasteiger partial charge in [0.1, 0.15) is 12.9 Å². The van der Waals surface area contributed by atoms with Crippen LogP contribution >= 0.6 is 0 Å². The van der Waals surface area contributed by atoms with Gasteiger partial charge in [-0.3, -0.25) is 0 Å². The van der Waals surface area contributed by atoms with Crippen LogP contribution < -0.4 is 5.32 Å². The third-order valence-electron chi connectivity index (χ3n) is 4.69. The molecule has 1 unspecified atom stereocenters. The van der Waals surface area contributed by atoms with Gasteiger partial charge in [-0.1, -0.05) is 30.3 Å². The Hall–Kier alpha value is -2.37. The summed E-state index contributed by atoms with van der Waals surface area (Å²) in [5.41, 5.74) is 1.42. The number of hydrogen-bond acceptors (Lipinski definition) is 3. The average molecular weight is 340 g/mol. The molecule has 0 saturated carbocycles. The summed E-state index contributed by atoms with van der Waals surface area (Å²) in [6.07, 6.45) is 4.12. The van der Waals surface area contributed by atoms with Gasteiger partial charge in [0.05, 0.1) is 0 Å². The fourth-order valence-electron chi connectivity index (χ4n) is 3.38. The molecule has 0 amide bonds. The van der Waals surface area contributed by atoms with Crippen LogP contribution in [-0.2, 0) is 19.5 Å². The maximum atomic E-state index is 4.80. The van der Waals surface area contributed by atoms with Crippen LogP contribution in [0.2, 0.25) is 0 Å². The van der Waals surface area contributed by atoms with E-state index in [4.69, 9.17) is 4.99 Å². The molecule has 1 atom stereocenters. The smallest absolute Gasteiger partial charge is 0.194 e. The van der Waals surface area contributed by atoms with Crippen molar-refractivity contribution in [2.24, 2.45) is 10.9 Å². The first kappa shape index (κ1) is 17.5. The molecule has 1 saturated heterocycles. The first-order valence-corrected chi connectivity index (χ1v) is 9.24. The molecular weight excluding hydrogens is 312 g/mol. The molecule has 0 spiro atoms. The molecule has 1 aromatic carbocycles. The number of guanidine groups is 1. The van der Waals surface area contributed by atoms with Crippen molar-refractivity contribution in [2.45, 2.75) is 39.8 Å². The highest BCUT2D eigenvalue weighted by Crippen LogP contribution is 2.21. The first-order chi connectivity index (χ1) is 12.3. The van der Waals surface area contributed by atoms with E-state index in [9.17, 15) is 0 Å². The molecule has 6 heteroatoms. The van der Waals surface area contributed by atoms with Crippen LogP contribution in [0.5, 0.6) is 0 Å². The van der Waals surface area contributed by atoms with E-state index in [0.29, 0.717) is 12.5 Å². The molecule has 1 aliphatic heterocycles. The molecule has 2 heterocycles. The van der Waals surface area contributed by atoms with E-state index in [1.165, 1.54) is 12.0 Å². The topological polar surface area (TPSA) is 58.3 Å². The number of hydrogen-bond donors (Lipinski definition) is 1. The molecule has 1 fully saturated rings. The lowest BCUT2D eigenvalue weighted by molar-refractivity contribution is 0.459. The Morgan fingerprint density at radius 1 is 1.28 bits per heavy atom. The highest BCUT2D eigenvalue weighted by atomic mass is 15.3.